The van der Waals surface area contributed by atoms with E-state index in [1.807, 2.05) is 6.92 Å². The van der Waals surface area contributed by atoms with Crippen molar-refractivity contribution in [2.24, 2.45) is 0 Å². The minimum absolute atomic E-state index is 0.0516. The number of rotatable bonds is 4. The lowest BCUT2D eigenvalue weighted by atomic mass is 10.0. The van der Waals surface area contributed by atoms with Crippen LogP contribution in [0.3, 0.4) is 0 Å². The summed E-state index contributed by atoms with van der Waals surface area (Å²) in [4.78, 5) is 29.7. The zero-order valence-electron chi connectivity index (χ0n) is 15.1. The number of benzene rings is 1. The van der Waals surface area contributed by atoms with E-state index in [0.29, 0.717) is 34.8 Å². The third-order valence-electron chi connectivity index (χ3n) is 5.07. The number of fused-ring (bicyclic) bond motifs is 1. The largest absolute Gasteiger partial charge is 0.360 e. The molecule has 4 rings (SSSR count). The van der Waals surface area contributed by atoms with Gasteiger partial charge in [-0.2, -0.15) is 0 Å². The summed E-state index contributed by atoms with van der Waals surface area (Å²) in [5, 5.41) is 5.65. The summed E-state index contributed by atoms with van der Waals surface area (Å²) in [5.41, 5.74) is 3.74. The van der Waals surface area contributed by atoms with Crippen molar-refractivity contribution in [1.29, 1.82) is 0 Å². The van der Waals surface area contributed by atoms with Crippen LogP contribution >= 0.6 is 0 Å². The summed E-state index contributed by atoms with van der Waals surface area (Å²) in [6, 6.07) is 4.21. The fourth-order valence-electron chi connectivity index (χ4n) is 3.57. The molecule has 2 amide bonds. The lowest BCUT2D eigenvalue weighted by molar-refractivity contribution is -0.117. The number of amides is 2. The normalized spacial score (nSPS) is 18.0. The highest BCUT2D eigenvalue weighted by Crippen LogP contribution is 2.34. The van der Waals surface area contributed by atoms with Crippen LogP contribution in [-0.2, 0) is 9.59 Å². The van der Waals surface area contributed by atoms with Gasteiger partial charge in [-0.15, -0.1) is 0 Å². The Kier molecular flexibility index (Phi) is 4.53. The second-order valence-corrected chi connectivity index (χ2v) is 6.97. The van der Waals surface area contributed by atoms with E-state index >= 15 is 0 Å². The van der Waals surface area contributed by atoms with Gasteiger partial charge in [-0.25, -0.2) is 4.39 Å². The van der Waals surface area contributed by atoms with Crippen LogP contribution in [0.1, 0.15) is 29.7 Å². The molecule has 1 saturated heterocycles. The minimum atomic E-state index is -0.394. The van der Waals surface area contributed by atoms with Crippen molar-refractivity contribution in [3.8, 4) is 0 Å². The maximum Gasteiger partial charge on any atom is 0.256 e. The van der Waals surface area contributed by atoms with Crippen molar-refractivity contribution in [2.75, 3.05) is 30.3 Å². The smallest absolute Gasteiger partial charge is 0.256 e. The van der Waals surface area contributed by atoms with Gasteiger partial charge in [-0.05, 0) is 62.7 Å². The molecule has 3 N–H and O–H groups in total. The van der Waals surface area contributed by atoms with Crippen molar-refractivity contribution in [3.05, 3.63) is 47.0 Å². The summed E-state index contributed by atoms with van der Waals surface area (Å²) in [6.07, 6.45) is 5.67. The Morgan fingerprint density at radius 1 is 1.33 bits per heavy atom. The maximum absolute atomic E-state index is 13.6. The van der Waals surface area contributed by atoms with E-state index in [1.54, 1.807) is 18.3 Å². The molecule has 0 unspecified atom stereocenters. The Bertz CT molecular complexity index is 941. The lowest BCUT2D eigenvalue weighted by Gasteiger charge is -2.13. The van der Waals surface area contributed by atoms with Crippen LogP contribution in [0.15, 0.2) is 24.4 Å². The van der Waals surface area contributed by atoms with Crippen LogP contribution in [-0.4, -0.2) is 41.3 Å². The molecular weight excluding hydrogens is 347 g/mol. The van der Waals surface area contributed by atoms with Gasteiger partial charge in [0.25, 0.3) is 5.91 Å². The summed E-state index contributed by atoms with van der Waals surface area (Å²) in [7, 11) is 0. The standard InChI is InChI=1S/C20H21FN4O2/c1-12-17(9-15-14-8-13(21)4-5-16(14)24-20(15)27)22-10-18(12)23-19(26)11-25-6-2-3-7-25/h4-5,8-10,22H,2-3,6-7,11H2,1H3,(H,23,26)(H,24,27)/b15-9-. The number of hydrogen-bond acceptors (Lipinski definition) is 3. The Morgan fingerprint density at radius 2 is 2.11 bits per heavy atom. The highest BCUT2D eigenvalue weighted by Gasteiger charge is 2.25. The molecule has 27 heavy (non-hydrogen) atoms. The number of likely N-dealkylation sites (tertiary alicyclic amines) is 1. The summed E-state index contributed by atoms with van der Waals surface area (Å²) >= 11 is 0. The van der Waals surface area contributed by atoms with Crippen LogP contribution in [0.25, 0.3) is 11.6 Å². The van der Waals surface area contributed by atoms with Gasteiger partial charge in [0.1, 0.15) is 5.82 Å². The molecule has 0 atom stereocenters. The monoisotopic (exact) mass is 368 g/mol. The molecule has 140 valence electrons. The molecule has 6 nitrogen and oxygen atoms in total. The van der Waals surface area contributed by atoms with Crippen molar-refractivity contribution >= 4 is 34.8 Å². The molecule has 3 heterocycles. The fraction of sp³-hybridized carbons (Fsp3) is 0.300. The molecule has 0 saturated carbocycles. The second-order valence-electron chi connectivity index (χ2n) is 6.97. The Morgan fingerprint density at radius 3 is 2.89 bits per heavy atom. The highest BCUT2D eigenvalue weighted by molar-refractivity contribution is 6.34. The first-order valence-electron chi connectivity index (χ1n) is 9.04. The predicted molar refractivity (Wildman–Crippen MR) is 103 cm³/mol. The van der Waals surface area contributed by atoms with E-state index in [9.17, 15) is 14.0 Å². The number of halogens is 1. The lowest BCUT2D eigenvalue weighted by Crippen LogP contribution is -2.30. The summed E-state index contributed by atoms with van der Waals surface area (Å²) in [5.74, 6) is -0.720. The van der Waals surface area contributed by atoms with Crippen molar-refractivity contribution < 1.29 is 14.0 Å². The van der Waals surface area contributed by atoms with Crippen molar-refractivity contribution in [2.45, 2.75) is 19.8 Å². The number of carbonyl (C=O) groups excluding carboxylic acids is 2. The topological polar surface area (TPSA) is 77.2 Å². The first-order chi connectivity index (χ1) is 13.0. The maximum atomic E-state index is 13.6. The van der Waals surface area contributed by atoms with Gasteiger partial charge in [-0.1, -0.05) is 0 Å². The van der Waals surface area contributed by atoms with Crippen LogP contribution in [0.4, 0.5) is 15.8 Å². The average molecular weight is 368 g/mol. The molecule has 1 aromatic heterocycles. The second kappa shape index (κ2) is 7.00. The number of hydrogen-bond donors (Lipinski definition) is 3. The highest BCUT2D eigenvalue weighted by atomic mass is 19.1. The van der Waals surface area contributed by atoms with Gasteiger partial charge < -0.3 is 15.6 Å². The molecule has 2 aromatic rings. The Balaban J connectivity index is 1.54. The van der Waals surface area contributed by atoms with Gasteiger partial charge >= 0.3 is 0 Å². The zero-order chi connectivity index (χ0) is 19.0. The molecule has 0 aliphatic carbocycles. The van der Waals surface area contributed by atoms with Gasteiger partial charge in [0, 0.05) is 23.1 Å². The number of H-pyrrole nitrogens is 1. The molecule has 0 radical (unpaired) electrons. The third kappa shape index (κ3) is 3.50. The van der Waals surface area contributed by atoms with Crippen molar-refractivity contribution in [1.82, 2.24) is 9.88 Å². The zero-order valence-corrected chi connectivity index (χ0v) is 15.1. The SMILES string of the molecule is Cc1c(NC(=O)CN2CCCC2)c[nH]c1/C=C1\C(=O)Nc2ccc(F)cc21. The van der Waals surface area contributed by atoms with Crippen molar-refractivity contribution in [3.63, 3.8) is 0 Å². The fourth-order valence-corrected chi connectivity index (χ4v) is 3.57. The van der Waals surface area contributed by atoms with Gasteiger partial charge in [0.05, 0.1) is 17.8 Å². The minimum Gasteiger partial charge on any atom is -0.360 e. The van der Waals surface area contributed by atoms with Gasteiger partial charge in [0.15, 0.2) is 0 Å². The summed E-state index contributed by atoms with van der Waals surface area (Å²) < 4.78 is 13.6. The molecule has 2 aliphatic heterocycles. The molecule has 0 bridgehead atoms. The van der Waals surface area contributed by atoms with Crippen LogP contribution in [0, 0.1) is 12.7 Å². The van der Waals surface area contributed by atoms with Crippen LogP contribution in [0.5, 0.6) is 0 Å². The first-order valence-corrected chi connectivity index (χ1v) is 9.04. The number of carbonyl (C=O) groups is 2. The molecule has 0 spiro atoms. The average Bonchev–Trinajstić information content (AvgIpc) is 3.32. The Hall–Kier alpha value is -2.93. The molecule has 1 fully saturated rings. The third-order valence-corrected chi connectivity index (χ3v) is 5.07. The predicted octanol–water partition coefficient (Wildman–Crippen LogP) is 2.99. The van der Waals surface area contributed by atoms with Gasteiger partial charge in [0.2, 0.25) is 5.91 Å². The van der Waals surface area contributed by atoms with Crippen LogP contribution < -0.4 is 10.6 Å². The van der Waals surface area contributed by atoms with Crippen LogP contribution in [0.2, 0.25) is 0 Å². The van der Waals surface area contributed by atoms with E-state index in [-0.39, 0.29) is 11.8 Å². The van der Waals surface area contributed by atoms with E-state index in [0.717, 1.165) is 31.5 Å². The number of anilines is 2. The summed E-state index contributed by atoms with van der Waals surface area (Å²) in [6.45, 7) is 4.17. The quantitative estimate of drug-likeness (QED) is 0.726. The molecule has 1 aromatic carbocycles. The van der Waals surface area contributed by atoms with E-state index in [4.69, 9.17) is 0 Å². The first kappa shape index (κ1) is 17.5. The number of aromatic amines is 1. The Labute approximate surface area is 156 Å². The molecule has 2 aliphatic rings. The van der Waals surface area contributed by atoms with E-state index in [1.165, 1.54) is 12.1 Å². The van der Waals surface area contributed by atoms with E-state index in [2.05, 4.69) is 20.5 Å². The van der Waals surface area contributed by atoms with E-state index < -0.39 is 5.82 Å². The van der Waals surface area contributed by atoms with Gasteiger partial charge in [-0.3, -0.25) is 14.5 Å². The molecular formula is C20H21FN4O2. The number of nitrogens with one attached hydrogen (secondary N) is 3. The number of aromatic nitrogens is 1. The number of nitrogens with zero attached hydrogens (tertiary/aromatic N) is 1. The molecule has 7 heteroatoms.